The number of esters is 3. The van der Waals surface area contributed by atoms with Crippen LogP contribution in [0.1, 0.15) is 290 Å². The quantitative estimate of drug-likeness (QED) is 0.0261. The molecule has 0 saturated heterocycles. The normalized spacial score (nSPS) is 13.1. The van der Waals surface area contributed by atoms with E-state index in [2.05, 4.69) is 167 Å². The van der Waals surface area contributed by atoms with Gasteiger partial charge in [-0.1, -0.05) is 282 Å². The molecule has 0 aliphatic rings. The molecule has 6 nitrogen and oxygen atoms in total. The standard InChI is InChI=1S/C75H122O6/c1-4-7-10-13-16-19-22-25-28-29-30-31-32-33-34-35-36-37-38-39-40-41-42-43-44-45-48-50-53-56-59-62-65-68-74(77)80-71-72(81-75(78)69-66-63-60-57-54-51-47-27-24-21-18-15-12-9-6-3)70-79-73(76)67-64-61-58-55-52-49-46-26-23-20-17-14-11-8-5-2/h7-12,16-21,25-28,30-31,46-47,52,54-55,57,72H,4-6,13-15,22-24,29,32-45,48-51,53,56,58-71H2,1-3H3/b10-7-,11-8-,12-9-,19-16-,20-17-,21-18-,28-25-,31-30-,46-26-,47-27-,55-52-,57-54-. The zero-order valence-electron chi connectivity index (χ0n) is 52.5. The Balaban J connectivity index is 4.24. The number of carbonyl (C=O) groups excluding carboxylic acids is 3. The maximum atomic E-state index is 12.9. The lowest BCUT2D eigenvalue weighted by Gasteiger charge is -2.18. The van der Waals surface area contributed by atoms with E-state index in [4.69, 9.17) is 14.2 Å². The van der Waals surface area contributed by atoms with E-state index in [-0.39, 0.29) is 37.5 Å². The zero-order valence-corrected chi connectivity index (χ0v) is 52.5. The minimum absolute atomic E-state index is 0.110. The number of hydrogen-bond acceptors (Lipinski definition) is 6. The van der Waals surface area contributed by atoms with Gasteiger partial charge in [0.1, 0.15) is 13.2 Å². The fourth-order valence-electron chi connectivity index (χ4n) is 8.95. The Kier molecular flexibility index (Phi) is 63.9. The van der Waals surface area contributed by atoms with Crippen molar-refractivity contribution in [2.24, 2.45) is 0 Å². The van der Waals surface area contributed by atoms with E-state index in [0.29, 0.717) is 25.7 Å². The third-order valence-electron chi connectivity index (χ3n) is 13.8. The van der Waals surface area contributed by atoms with Crippen LogP contribution in [0.4, 0.5) is 0 Å². The van der Waals surface area contributed by atoms with E-state index in [1.54, 1.807) is 0 Å². The molecule has 0 aromatic carbocycles. The summed E-state index contributed by atoms with van der Waals surface area (Å²) in [5.74, 6) is -0.993. The van der Waals surface area contributed by atoms with Crippen LogP contribution >= 0.6 is 0 Å². The first-order valence-electron chi connectivity index (χ1n) is 33.3. The molecule has 0 aromatic heterocycles. The molecular formula is C75H122O6. The highest BCUT2D eigenvalue weighted by molar-refractivity contribution is 5.71. The van der Waals surface area contributed by atoms with Gasteiger partial charge in [-0.2, -0.15) is 0 Å². The second kappa shape index (κ2) is 67.8. The van der Waals surface area contributed by atoms with Gasteiger partial charge in [-0.25, -0.2) is 0 Å². The molecule has 0 bridgehead atoms. The van der Waals surface area contributed by atoms with Crippen LogP contribution in [0.5, 0.6) is 0 Å². The third-order valence-corrected chi connectivity index (χ3v) is 13.8. The zero-order chi connectivity index (χ0) is 58.5. The minimum Gasteiger partial charge on any atom is -0.462 e. The van der Waals surface area contributed by atoms with E-state index in [1.807, 2.05) is 0 Å². The van der Waals surface area contributed by atoms with E-state index < -0.39 is 6.10 Å². The predicted octanol–water partition coefficient (Wildman–Crippen LogP) is 23.1. The molecule has 0 amide bonds. The van der Waals surface area contributed by atoms with Crippen molar-refractivity contribution in [2.45, 2.75) is 297 Å². The van der Waals surface area contributed by atoms with Gasteiger partial charge in [-0.3, -0.25) is 14.4 Å². The molecular weight excluding hydrogens is 997 g/mol. The molecule has 0 saturated carbocycles. The summed E-state index contributed by atoms with van der Waals surface area (Å²) in [5, 5.41) is 0. The maximum absolute atomic E-state index is 12.9. The SMILES string of the molecule is CC/C=C\C/C=C\C/C=C\C/C=C\CCCCCCCCCCCCCCCCCCCCCCC(=O)OCC(COC(=O)CCCC/C=C\C/C=C\C/C=C\C/C=C\CC)OC(=O)CCCC/C=C\C/C=C\C/C=C\C/C=C\CC. The first kappa shape index (κ1) is 76.3. The molecule has 0 aliphatic heterocycles. The van der Waals surface area contributed by atoms with Crippen LogP contribution in [0, 0.1) is 0 Å². The number of unbranched alkanes of at least 4 members (excludes halogenated alkanes) is 24. The topological polar surface area (TPSA) is 78.9 Å². The molecule has 1 atom stereocenters. The van der Waals surface area contributed by atoms with Crippen molar-refractivity contribution in [1.82, 2.24) is 0 Å². The van der Waals surface area contributed by atoms with Crippen LogP contribution in [0.3, 0.4) is 0 Å². The maximum Gasteiger partial charge on any atom is 0.306 e. The van der Waals surface area contributed by atoms with Gasteiger partial charge in [-0.15, -0.1) is 0 Å². The van der Waals surface area contributed by atoms with Crippen molar-refractivity contribution in [3.05, 3.63) is 146 Å². The van der Waals surface area contributed by atoms with E-state index in [0.717, 1.165) is 122 Å². The fraction of sp³-hybridized carbons (Fsp3) is 0.640. The average Bonchev–Trinajstić information content (AvgIpc) is 3.47. The van der Waals surface area contributed by atoms with Gasteiger partial charge in [0, 0.05) is 19.3 Å². The van der Waals surface area contributed by atoms with Crippen molar-refractivity contribution in [1.29, 1.82) is 0 Å². The molecule has 0 heterocycles. The molecule has 0 N–H and O–H groups in total. The summed E-state index contributed by atoms with van der Waals surface area (Å²) in [6.45, 7) is 6.24. The summed E-state index contributed by atoms with van der Waals surface area (Å²) < 4.78 is 16.8. The van der Waals surface area contributed by atoms with Crippen molar-refractivity contribution in [3.63, 3.8) is 0 Å². The molecule has 458 valence electrons. The lowest BCUT2D eigenvalue weighted by Crippen LogP contribution is -2.30. The Labute approximate surface area is 499 Å². The van der Waals surface area contributed by atoms with E-state index in [9.17, 15) is 14.4 Å². The minimum atomic E-state index is -0.821. The Morgan fingerprint density at radius 2 is 0.444 bits per heavy atom. The van der Waals surface area contributed by atoms with Gasteiger partial charge >= 0.3 is 17.9 Å². The molecule has 6 heteroatoms. The molecule has 0 spiro atoms. The number of hydrogen-bond donors (Lipinski definition) is 0. The highest BCUT2D eigenvalue weighted by atomic mass is 16.6. The van der Waals surface area contributed by atoms with Crippen LogP contribution in [-0.2, 0) is 28.6 Å². The van der Waals surface area contributed by atoms with Gasteiger partial charge in [0.05, 0.1) is 0 Å². The van der Waals surface area contributed by atoms with Gasteiger partial charge in [0.25, 0.3) is 0 Å². The first-order valence-corrected chi connectivity index (χ1v) is 33.3. The van der Waals surface area contributed by atoms with Crippen LogP contribution < -0.4 is 0 Å². The Bertz CT molecular complexity index is 1760. The summed E-state index contributed by atoms with van der Waals surface area (Å²) in [6.07, 6.45) is 97.5. The second-order valence-electron chi connectivity index (χ2n) is 21.6. The van der Waals surface area contributed by atoms with E-state index >= 15 is 0 Å². The number of rotatable bonds is 59. The molecule has 0 fully saturated rings. The Morgan fingerprint density at radius 1 is 0.247 bits per heavy atom. The molecule has 81 heavy (non-hydrogen) atoms. The van der Waals surface area contributed by atoms with Crippen molar-refractivity contribution >= 4 is 17.9 Å². The summed E-state index contributed by atoms with van der Waals surface area (Å²) >= 11 is 0. The number of carbonyl (C=O) groups is 3. The van der Waals surface area contributed by atoms with Crippen LogP contribution in [0.2, 0.25) is 0 Å². The predicted molar refractivity (Wildman–Crippen MR) is 352 cm³/mol. The molecule has 0 rings (SSSR count). The molecule has 1 unspecified atom stereocenters. The third kappa shape index (κ3) is 66.0. The van der Waals surface area contributed by atoms with Crippen molar-refractivity contribution in [3.8, 4) is 0 Å². The van der Waals surface area contributed by atoms with Crippen molar-refractivity contribution in [2.75, 3.05) is 13.2 Å². The smallest absolute Gasteiger partial charge is 0.306 e. The van der Waals surface area contributed by atoms with Crippen LogP contribution in [-0.4, -0.2) is 37.2 Å². The lowest BCUT2D eigenvalue weighted by molar-refractivity contribution is -0.167. The van der Waals surface area contributed by atoms with Gasteiger partial charge in [0.2, 0.25) is 0 Å². The highest BCUT2D eigenvalue weighted by Crippen LogP contribution is 2.16. The van der Waals surface area contributed by atoms with Gasteiger partial charge in [-0.05, 0) is 135 Å². The molecule has 0 radical (unpaired) electrons. The highest BCUT2D eigenvalue weighted by Gasteiger charge is 2.19. The Morgan fingerprint density at radius 3 is 0.716 bits per heavy atom. The summed E-state index contributed by atoms with van der Waals surface area (Å²) in [4.78, 5) is 38.3. The van der Waals surface area contributed by atoms with Crippen LogP contribution in [0.25, 0.3) is 0 Å². The average molecular weight is 1120 g/mol. The first-order chi connectivity index (χ1) is 40.0. The van der Waals surface area contributed by atoms with Crippen LogP contribution in [0.15, 0.2) is 146 Å². The monoisotopic (exact) mass is 1120 g/mol. The molecule has 0 aromatic rings. The Hall–Kier alpha value is -4.71. The van der Waals surface area contributed by atoms with Crippen molar-refractivity contribution < 1.29 is 28.6 Å². The summed E-state index contributed by atoms with van der Waals surface area (Å²) in [7, 11) is 0. The molecule has 0 aliphatic carbocycles. The summed E-state index contributed by atoms with van der Waals surface area (Å²) in [5.41, 5.74) is 0. The number of allylic oxidation sites excluding steroid dienone is 24. The van der Waals surface area contributed by atoms with Gasteiger partial charge in [0.15, 0.2) is 6.10 Å². The van der Waals surface area contributed by atoms with Gasteiger partial charge < -0.3 is 14.2 Å². The lowest BCUT2D eigenvalue weighted by atomic mass is 10.0. The second-order valence-corrected chi connectivity index (χ2v) is 21.6. The largest absolute Gasteiger partial charge is 0.462 e. The van der Waals surface area contributed by atoms with E-state index in [1.165, 1.54) is 116 Å². The summed E-state index contributed by atoms with van der Waals surface area (Å²) in [6, 6.07) is 0. The fourth-order valence-corrected chi connectivity index (χ4v) is 8.95. The number of ether oxygens (including phenoxy) is 3.